The Labute approximate surface area is 225 Å². The maximum absolute atomic E-state index is 11.2. The van der Waals surface area contributed by atoms with E-state index < -0.39 is 15.2 Å². The van der Waals surface area contributed by atoms with Crippen LogP contribution in [0.4, 0.5) is 5.69 Å². The van der Waals surface area contributed by atoms with Crippen molar-refractivity contribution in [3.8, 4) is 0 Å². The number of benzene rings is 5. The third-order valence-electron chi connectivity index (χ3n) is 6.56. The second kappa shape index (κ2) is 12.1. The fourth-order valence-electron chi connectivity index (χ4n) is 4.59. The van der Waals surface area contributed by atoms with Gasteiger partial charge in [-0.2, -0.15) is 0 Å². The van der Waals surface area contributed by atoms with Crippen LogP contribution in [-0.4, -0.2) is 10.8 Å². The van der Waals surface area contributed by atoms with E-state index in [9.17, 15) is 10.1 Å². The zero-order chi connectivity index (χ0) is 26.2. The highest BCUT2D eigenvalue weighted by Crippen LogP contribution is 2.65. The predicted octanol–water partition coefficient (Wildman–Crippen LogP) is 7.32. The molecule has 0 unspecified atom stereocenters. The summed E-state index contributed by atoms with van der Waals surface area (Å²) in [6.07, 6.45) is 2.15. The van der Waals surface area contributed by atoms with Gasteiger partial charge in [0.1, 0.15) is 17.9 Å². The van der Waals surface area contributed by atoms with Crippen LogP contribution in [0.25, 0.3) is 6.08 Å². The van der Waals surface area contributed by atoms with Gasteiger partial charge in [0.25, 0.3) is 5.69 Å². The van der Waals surface area contributed by atoms with Gasteiger partial charge < -0.3 is 0 Å². The van der Waals surface area contributed by atoms with Crippen LogP contribution < -0.4 is 21.2 Å². The summed E-state index contributed by atoms with van der Waals surface area (Å²) in [5.41, 5.74) is 1.06. The van der Waals surface area contributed by atoms with Gasteiger partial charge in [-0.1, -0.05) is 97.1 Å². The summed E-state index contributed by atoms with van der Waals surface area (Å²) in [4.78, 5) is 10.8. The number of non-ortho nitro benzene ring substituents is 1. The summed E-state index contributed by atoms with van der Waals surface area (Å²) in [7, 11) is -2.74. The zero-order valence-corrected chi connectivity index (χ0v) is 22.7. The van der Waals surface area contributed by atoms with Crippen molar-refractivity contribution in [1.82, 2.24) is 0 Å². The van der Waals surface area contributed by atoms with Gasteiger partial charge in [-0.05, 0) is 66.6 Å². The van der Waals surface area contributed by atoms with Crippen molar-refractivity contribution in [2.45, 2.75) is 0 Å². The molecule has 0 heterocycles. The zero-order valence-electron chi connectivity index (χ0n) is 20.9. The fourth-order valence-corrected chi connectivity index (χ4v) is 13.2. The first-order chi connectivity index (χ1) is 18.7. The van der Waals surface area contributed by atoms with Crippen molar-refractivity contribution in [3.63, 3.8) is 0 Å². The molecule has 0 amide bonds. The number of hydrogen-bond acceptors (Lipinski definition) is 2. The Bertz CT molecular complexity index is 1410. The van der Waals surface area contributed by atoms with Crippen LogP contribution in [0, 0.1) is 10.1 Å². The molecule has 0 aliphatic carbocycles. The van der Waals surface area contributed by atoms with E-state index in [-0.39, 0.29) is 10.6 Å². The summed E-state index contributed by atoms with van der Waals surface area (Å²) in [6.45, 7) is 0. The summed E-state index contributed by atoms with van der Waals surface area (Å²) < 4.78 is 0. The largest absolute Gasteiger partial charge is 0.269 e. The van der Waals surface area contributed by atoms with Crippen molar-refractivity contribution >= 4 is 48.2 Å². The normalized spacial score (nSPS) is 11.6. The van der Waals surface area contributed by atoms with E-state index in [1.165, 1.54) is 21.2 Å². The van der Waals surface area contributed by atoms with E-state index in [0.717, 1.165) is 11.5 Å². The Balaban J connectivity index is 1.69. The van der Waals surface area contributed by atoms with Crippen molar-refractivity contribution in [2.24, 2.45) is 0 Å². The molecule has 0 aromatic heterocycles. The molecule has 0 saturated carbocycles. The first kappa shape index (κ1) is 25.7. The van der Waals surface area contributed by atoms with Crippen molar-refractivity contribution in [1.29, 1.82) is 0 Å². The molecule has 3 nitrogen and oxygen atoms in total. The minimum Gasteiger partial charge on any atom is -0.258 e. The summed E-state index contributed by atoms with van der Waals surface area (Å²) in [5.74, 6) is 3.38. The summed E-state index contributed by atoms with van der Waals surface area (Å²) >= 11 is 0. The standard InChI is InChI=1S/C33H28NO2P2/c35-34(36)29-23-21-28(22-24-29)25-26-38(32-17-9-3-10-18-32,33-19-11-4-12-20-33)27-37(30-13-5-1-6-14-30)31-15-7-2-8-16-31/h1-26H,27H2/q+1. The van der Waals surface area contributed by atoms with Crippen LogP contribution >= 0.6 is 15.2 Å². The molecule has 186 valence electrons. The number of rotatable bonds is 9. The Morgan fingerprint density at radius 2 is 1.03 bits per heavy atom. The smallest absolute Gasteiger partial charge is 0.258 e. The molecule has 5 heteroatoms. The quantitative estimate of drug-likeness (QED) is 0.113. The maximum atomic E-state index is 11.2. The predicted molar refractivity (Wildman–Crippen MR) is 165 cm³/mol. The summed E-state index contributed by atoms with van der Waals surface area (Å²) in [5, 5.41) is 16.5. The van der Waals surface area contributed by atoms with E-state index in [0.29, 0.717) is 0 Å². The SMILES string of the molecule is O=[N+]([O-])c1ccc(C=C[P+](CP(c2ccccc2)c2ccccc2)(c2ccccc2)c2ccccc2)cc1. The van der Waals surface area contributed by atoms with Crippen LogP contribution in [0.15, 0.2) is 151 Å². The van der Waals surface area contributed by atoms with E-state index in [4.69, 9.17) is 0 Å². The van der Waals surface area contributed by atoms with Crippen LogP contribution in [0.1, 0.15) is 5.56 Å². The van der Waals surface area contributed by atoms with Gasteiger partial charge in [-0.3, -0.25) is 10.1 Å². The Hall–Kier alpha value is -3.90. The molecule has 0 aliphatic heterocycles. The third kappa shape index (κ3) is 5.81. The fraction of sp³-hybridized carbons (Fsp3) is 0.0303. The van der Waals surface area contributed by atoms with Crippen molar-refractivity contribution < 1.29 is 4.92 Å². The lowest BCUT2D eigenvalue weighted by Gasteiger charge is -2.29. The monoisotopic (exact) mass is 532 g/mol. The molecule has 5 aromatic carbocycles. The molecule has 0 spiro atoms. The van der Waals surface area contributed by atoms with E-state index >= 15 is 0 Å². The Morgan fingerprint density at radius 3 is 1.45 bits per heavy atom. The van der Waals surface area contributed by atoms with Gasteiger partial charge in [-0.25, -0.2) is 0 Å². The lowest BCUT2D eigenvalue weighted by molar-refractivity contribution is -0.384. The highest BCUT2D eigenvalue weighted by Gasteiger charge is 2.43. The second-order valence-electron chi connectivity index (χ2n) is 8.94. The summed E-state index contributed by atoms with van der Waals surface area (Å²) in [6, 6.07) is 50.2. The third-order valence-corrected chi connectivity index (χ3v) is 14.4. The molecule has 5 rings (SSSR count). The highest BCUT2D eigenvalue weighted by atomic mass is 31.2. The average molecular weight is 533 g/mol. The number of nitro benzene ring substituents is 1. The van der Waals surface area contributed by atoms with E-state index in [1.807, 2.05) is 12.1 Å². The minimum atomic E-state index is -2.07. The molecule has 0 bridgehead atoms. The molecule has 0 radical (unpaired) electrons. The van der Waals surface area contributed by atoms with Crippen LogP contribution in [0.3, 0.4) is 0 Å². The van der Waals surface area contributed by atoms with Gasteiger partial charge in [0.15, 0.2) is 0 Å². The lowest BCUT2D eigenvalue weighted by atomic mass is 10.2. The topological polar surface area (TPSA) is 43.1 Å². The average Bonchev–Trinajstić information content (AvgIpc) is 2.99. The lowest BCUT2D eigenvalue weighted by Crippen LogP contribution is -2.26. The maximum Gasteiger partial charge on any atom is 0.269 e. The molecule has 5 aromatic rings. The molecule has 0 fully saturated rings. The Morgan fingerprint density at radius 1 is 0.605 bits per heavy atom. The van der Waals surface area contributed by atoms with Gasteiger partial charge >= 0.3 is 0 Å². The van der Waals surface area contributed by atoms with Crippen molar-refractivity contribution in [2.75, 3.05) is 5.90 Å². The molecule has 0 saturated heterocycles. The highest BCUT2D eigenvalue weighted by molar-refractivity contribution is 8.00. The van der Waals surface area contributed by atoms with Gasteiger partial charge in [0.05, 0.1) is 16.6 Å². The van der Waals surface area contributed by atoms with Crippen LogP contribution in [-0.2, 0) is 0 Å². The molecule has 0 atom stereocenters. The number of nitro groups is 1. The van der Waals surface area contributed by atoms with Gasteiger partial charge in [-0.15, -0.1) is 0 Å². The van der Waals surface area contributed by atoms with Gasteiger partial charge in [0, 0.05) is 12.1 Å². The molecule has 0 aliphatic rings. The number of hydrogen-bond donors (Lipinski definition) is 0. The number of nitrogens with zero attached hydrogens (tertiary/aromatic N) is 1. The first-order valence-electron chi connectivity index (χ1n) is 12.5. The van der Waals surface area contributed by atoms with E-state index in [2.05, 4.69) is 133 Å². The van der Waals surface area contributed by atoms with Gasteiger partial charge in [0.2, 0.25) is 0 Å². The molecular weight excluding hydrogens is 504 g/mol. The molecular formula is C33H28NO2P2+. The van der Waals surface area contributed by atoms with Crippen LogP contribution in [0.2, 0.25) is 0 Å². The first-order valence-corrected chi connectivity index (χ1v) is 16.0. The second-order valence-corrected chi connectivity index (χ2v) is 15.0. The minimum absolute atomic E-state index is 0.103. The Kier molecular flexibility index (Phi) is 8.19. The van der Waals surface area contributed by atoms with E-state index in [1.54, 1.807) is 12.1 Å². The molecule has 38 heavy (non-hydrogen) atoms. The van der Waals surface area contributed by atoms with Crippen molar-refractivity contribution in [3.05, 3.63) is 167 Å². The molecule has 0 N–H and O–H groups in total. The van der Waals surface area contributed by atoms with Crippen LogP contribution in [0.5, 0.6) is 0 Å².